The first-order valence-electron chi connectivity index (χ1n) is 3.60. The third-order valence-electron chi connectivity index (χ3n) is 1.79. The van der Waals surface area contributed by atoms with Crippen LogP contribution in [0.25, 0.3) is 0 Å². The lowest BCUT2D eigenvalue weighted by atomic mass is 10.1. The van der Waals surface area contributed by atoms with Gasteiger partial charge in [-0.1, -0.05) is 23.2 Å². The Balaban J connectivity index is 3.57. The Kier molecular flexibility index (Phi) is 3.66. The summed E-state index contributed by atoms with van der Waals surface area (Å²) in [5.74, 6) is -2.61. The Hall–Kier alpha value is -0.420. The molecule has 0 aromatic heterocycles. The van der Waals surface area contributed by atoms with Crippen LogP contribution in [0, 0.1) is 11.6 Å². The maximum Gasteiger partial charge on any atom is 0.179 e. The minimum atomic E-state index is -1.32. The van der Waals surface area contributed by atoms with Crippen molar-refractivity contribution >= 4 is 23.2 Å². The summed E-state index contributed by atoms with van der Waals surface area (Å²) in [5, 5.41) is 16.7. The Morgan fingerprint density at radius 1 is 0.857 bits per heavy atom. The Bertz CT molecular complexity index is 334. The summed E-state index contributed by atoms with van der Waals surface area (Å²) in [6, 6.07) is 0. The van der Waals surface area contributed by atoms with E-state index in [0.717, 1.165) is 0 Å². The highest BCUT2D eigenvalue weighted by Crippen LogP contribution is 2.33. The van der Waals surface area contributed by atoms with Crippen molar-refractivity contribution < 1.29 is 19.0 Å². The molecule has 0 bridgehead atoms. The van der Waals surface area contributed by atoms with Gasteiger partial charge in [-0.2, -0.15) is 0 Å². The molecular weight excluding hydrogens is 237 g/mol. The molecule has 0 saturated carbocycles. The molecule has 0 spiro atoms. The number of aliphatic hydroxyl groups is 2. The van der Waals surface area contributed by atoms with Crippen molar-refractivity contribution in [1.82, 2.24) is 0 Å². The van der Waals surface area contributed by atoms with Gasteiger partial charge in [-0.05, 0) is 0 Å². The molecule has 78 valence electrons. The van der Waals surface area contributed by atoms with Gasteiger partial charge in [0.25, 0.3) is 0 Å². The number of rotatable bonds is 2. The normalized spacial score (nSPS) is 10.7. The van der Waals surface area contributed by atoms with E-state index in [9.17, 15) is 8.78 Å². The molecule has 0 amide bonds. The fourth-order valence-electron chi connectivity index (χ4n) is 1.05. The van der Waals surface area contributed by atoms with E-state index in [1.807, 2.05) is 0 Å². The van der Waals surface area contributed by atoms with Crippen molar-refractivity contribution in [2.45, 2.75) is 13.2 Å². The zero-order valence-electron chi connectivity index (χ0n) is 6.82. The summed E-state index contributed by atoms with van der Waals surface area (Å²) in [6.45, 7) is -1.37. The van der Waals surface area contributed by atoms with Gasteiger partial charge in [0.1, 0.15) is 0 Å². The van der Waals surface area contributed by atoms with E-state index in [1.54, 1.807) is 0 Å². The first-order chi connectivity index (χ1) is 6.54. The van der Waals surface area contributed by atoms with Gasteiger partial charge in [0.05, 0.1) is 23.3 Å². The zero-order chi connectivity index (χ0) is 10.9. The molecule has 1 aromatic carbocycles. The van der Waals surface area contributed by atoms with Gasteiger partial charge in [-0.25, -0.2) is 8.78 Å². The van der Waals surface area contributed by atoms with Crippen molar-refractivity contribution in [1.29, 1.82) is 0 Å². The van der Waals surface area contributed by atoms with Gasteiger partial charge in [0.2, 0.25) is 0 Å². The highest BCUT2D eigenvalue weighted by atomic mass is 35.5. The average molecular weight is 243 g/mol. The van der Waals surface area contributed by atoms with E-state index < -0.39 is 29.9 Å². The van der Waals surface area contributed by atoms with Crippen molar-refractivity contribution in [2.75, 3.05) is 0 Å². The van der Waals surface area contributed by atoms with Crippen molar-refractivity contribution in [3.63, 3.8) is 0 Å². The first kappa shape index (κ1) is 11.7. The van der Waals surface area contributed by atoms with Gasteiger partial charge < -0.3 is 10.2 Å². The standard InChI is InChI=1S/C8H6Cl2F2O2/c9-5-3(1-13)4(2-14)7(11)8(12)6(5)10/h13-14H,1-2H2. The van der Waals surface area contributed by atoms with Gasteiger partial charge in [0, 0.05) is 11.1 Å². The van der Waals surface area contributed by atoms with Gasteiger partial charge in [-0.15, -0.1) is 0 Å². The Morgan fingerprint density at radius 2 is 1.36 bits per heavy atom. The van der Waals surface area contributed by atoms with Crippen molar-refractivity contribution in [2.24, 2.45) is 0 Å². The van der Waals surface area contributed by atoms with Crippen LogP contribution in [0.3, 0.4) is 0 Å². The zero-order valence-corrected chi connectivity index (χ0v) is 8.33. The van der Waals surface area contributed by atoms with Crippen molar-refractivity contribution in [3.8, 4) is 0 Å². The molecule has 2 N–H and O–H groups in total. The van der Waals surface area contributed by atoms with Gasteiger partial charge >= 0.3 is 0 Å². The average Bonchev–Trinajstić information content (AvgIpc) is 2.20. The number of hydrogen-bond acceptors (Lipinski definition) is 2. The summed E-state index contributed by atoms with van der Waals surface area (Å²) in [5.41, 5.74) is -0.475. The second kappa shape index (κ2) is 4.40. The largest absolute Gasteiger partial charge is 0.392 e. The molecular formula is C8H6Cl2F2O2. The van der Waals surface area contributed by atoms with E-state index in [4.69, 9.17) is 33.4 Å². The van der Waals surface area contributed by atoms with Crippen LogP contribution < -0.4 is 0 Å². The number of hydrogen-bond donors (Lipinski definition) is 2. The molecule has 0 unspecified atom stereocenters. The molecule has 1 rings (SSSR count). The highest BCUT2D eigenvalue weighted by molar-refractivity contribution is 6.42. The summed E-state index contributed by atoms with van der Waals surface area (Å²) in [6.07, 6.45) is 0. The highest BCUT2D eigenvalue weighted by Gasteiger charge is 2.21. The lowest BCUT2D eigenvalue weighted by Gasteiger charge is -2.10. The molecule has 0 saturated heterocycles. The van der Waals surface area contributed by atoms with Crippen LogP contribution in [0.1, 0.15) is 11.1 Å². The van der Waals surface area contributed by atoms with Crippen LogP contribution in [0.5, 0.6) is 0 Å². The van der Waals surface area contributed by atoms with Crippen LogP contribution in [0.15, 0.2) is 0 Å². The van der Waals surface area contributed by atoms with E-state index >= 15 is 0 Å². The molecule has 1 aromatic rings. The van der Waals surface area contributed by atoms with E-state index in [2.05, 4.69) is 0 Å². The monoisotopic (exact) mass is 242 g/mol. The number of halogens is 4. The maximum absolute atomic E-state index is 13.1. The molecule has 0 radical (unpaired) electrons. The summed E-state index contributed by atoms with van der Waals surface area (Å²) in [4.78, 5) is 0. The fraction of sp³-hybridized carbons (Fsp3) is 0.250. The maximum atomic E-state index is 13.1. The summed E-state index contributed by atoms with van der Waals surface area (Å²) < 4.78 is 26.1. The summed E-state index contributed by atoms with van der Waals surface area (Å²) >= 11 is 10.9. The third-order valence-corrected chi connectivity index (χ3v) is 2.66. The van der Waals surface area contributed by atoms with Crippen molar-refractivity contribution in [3.05, 3.63) is 32.8 Å². The van der Waals surface area contributed by atoms with Crippen LogP contribution in [-0.2, 0) is 13.2 Å². The second-order valence-electron chi connectivity index (χ2n) is 2.53. The SMILES string of the molecule is OCc1c(F)c(F)c(Cl)c(Cl)c1CO. The lowest BCUT2D eigenvalue weighted by molar-refractivity contribution is 0.253. The smallest absolute Gasteiger partial charge is 0.179 e. The fourth-order valence-corrected chi connectivity index (χ4v) is 1.51. The topological polar surface area (TPSA) is 40.5 Å². The molecule has 0 aliphatic carbocycles. The molecule has 0 aliphatic rings. The van der Waals surface area contributed by atoms with E-state index in [-0.39, 0.29) is 16.1 Å². The Labute approximate surface area is 88.7 Å². The predicted molar refractivity (Wildman–Crippen MR) is 48.2 cm³/mol. The minimum Gasteiger partial charge on any atom is -0.392 e. The molecule has 0 heterocycles. The van der Waals surface area contributed by atoms with Crippen LogP contribution in [-0.4, -0.2) is 10.2 Å². The van der Waals surface area contributed by atoms with E-state index in [1.165, 1.54) is 0 Å². The van der Waals surface area contributed by atoms with Gasteiger partial charge in [-0.3, -0.25) is 0 Å². The number of aliphatic hydroxyl groups excluding tert-OH is 2. The van der Waals surface area contributed by atoms with Crippen LogP contribution in [0.4, 0.5) is 8.78 Å². The minimum absolute atomic E-state index is 0.0990. The molecule has 0 atom stereocenters. The molecule has 14 heavy (non-hydrogen) atoms. The summed E-state index contributed by atoms with van der Waals surface area (Å²) in [7, 11) is 0. The van der Waals surface area contributed by atoms with Crippen LogP contribution >= 0.6 is 23.2 Å². The van der Waals surface area contributed by atoms with Gasteiger partial charge in [0.15, 0.2) is 11.6 Å². The first-order valence-corrected chi connectivity index (χ1v) is 4.35. The third kappa shape index (κ3) is 1.70. The molecule has 0 fully saturated rings. The van der Waals surface area contributed by atoms with E-state index in [0.29, 0.717) is 0 Å². The number of benzene rings is 1. The second-order valence-corrected chi connectivity index (χ2v) is 3.29. The van der Waals surface area contributed by atoms with Crippen LogP contribution in [0.2, 0.25) is 10.0 Å². The predicted octanol–water partition coefficient (Wildman–Crippen LogP) is 2.26. The lowest BCUT2D eigenvalue weighted by Crippen LogP contribution is -2.03. The molecule has 0 aliphatic heterocycles. The Morgan fingerprint density at radius 3 is 1.79 bits per heavy atom. The quantitative estimate of drug-likeness (QED) is 0.617. The molecule has 6 heteroatoms. The molecule has 2 nitrogen and oxygen atoms in total.